The Morgan fingerprint density at radius 3 is 2.53 bits per heavy atom. The van der Waals surface area contributed by atoms with Crippen molar-refractivity contribution in [2.75, 3.05) is 0 Å². The van der Waals surface area contributed by atoms with Gasteiger partial charge in [0.05, 0.1) is 0 Å². The Hall–Kier alpha value is -0.570. The first-order chi connectivity index (χ1) is 9.08. The number of hydrogen-bond donors (Lipinski definition) is 2. The quantitative estimate of drug-likeness (QED) is 0.651. The van der Waals surface area contributed by atoms with Crippen LogP contribution >= 0.6 is 11.6 Å². The van der Waals surface area contributed by atoms with Crippen molar-refractivity contribution in [1.82, 2.24) is 5.43 Å². The fourth-order valence-electron chi connectivity index (χ4n) is 3.62. The highest BCUT2D eigenvalue weighted by Gasteiger charge is 2.29. The number of nitrogens with two attached hydrogens (primary N) is 1. The molecule has 3 N–H and O–H groups in total. The average molecular weight is 281 g/mol. The summed E-state index contributed by atoms with van der Waals surface area (Å²) < 4.78 is 0. The van der Waals surface area contributed by atoms with Gasteiger partial charge < -0.3 is 0 Å². The van der Waals surface area contributed by atoms with Crippen molar-refractivity contribution in [2.45, 2.75) is 45.6 Å². The summed E-state index contributed by atoms with van der Waals surface area (Å²) in [7, 11) is 0. The fraction of sp³-hybridized carbons (Fsp3) is 0.625. The molecule has 0 aliphatic heterocycles. The van der Waals surface area contributed by atoms with Gasteiger partial charge in [-0.15, -0.1) is 0 Å². The van der Waals surface area contributed by atoms with Crippen LogP contribution in [0.15, 0.2) is 24.3 Å². The molecule has 3 unspecified atom stereocenters. The summed E-state index contributed by atoms with van der Waals surface area (Å²) in [5.41, 5.74) is 4.30. The molecule has 2 rings (SSSR count). The Morgan fingerprint density at radius 2 is 1.95 bits per heavy atom. The molecule has 1 saturated carbocycles. The van der Waals surface area contributed by atoms with Gasteiger partial charge in [0.15, 0.2) is 0 Å². The van der Waals surface area contributed by atoms with Gasteiger partial charge in [-0.05, 0) is 61.1 Å². The monoisotopic (exact) mass is 280 g/mol. The van der Waals surface area contributed by atoms with Crippen LogP contribution in [-0.2, 0) is 6.42 Å². The lowest BCUT2D eigenvalue weighted by molar-refractivity contribution is 0.175. The van der Waals surface area contributed by atoms with Crippen LogP contribution in [0, 0.1) is 17.8 Å². The molecule has 0 spiro atoms. The Morgan fingerprint density at radius 1 is 1.26 bits per heavy atom. The number of hydrazine groups is 1. The molecule has 0 saturated heterocycles. The van der Waals surface area contributed by atoms with Crippen molar-refractivity contribution in [3.8, 4) is 0 Å². The van der Waals surface area contributed by atoms with E-state index in [2.05, 4.69) is 25.3 Å². The lowest BCUT2D eigenvalue weighted by atomic mass is 9.73. The second-order valence-corrected chi connectivity index (χ2v) is 6.72. The molecule has 1 aliphatic rings. The fourth-order valence-corrected chi connectivity index (χ4v) is 3.83. The van der Waals surface area contributed by atoms with E-state index in [9.17, 15) is 0 Å². The van der Waals surface area contributed by atoms with Gasteiger partial charge in [-0.25, -0.2) is 0 Å². The van der Waals surface area contributed by atoms with E-state index in [1.54, 1.807) is 0 Å². The Kier molecular flexibility index (Phi) is 5.26. The van der Waals surface area contributed by atoms with Crippen LogP contribution in [0.5, 0.6) is 0 Å². The number of nitrogens with one attached hydrogen (secondary N) is 1. The zero-order chi connectivity index (χ0) is 13.8. The maximum Gasteiger partial charge on any atom is 0.0408 e. The van der Waals surface area contributed by atoms with Crippen LogP contribution in [-0.4, -0.2) is 6.04 Å². The van der Waals surface area contributed by atoms with Gasteiger partial charge in [0.1, 0.15) is 0 Å². The number of hydrogen-bond acceptors (Lipinski definition) is 2. The summed E-state index contributed by atoms with van der Waals surface area (Å²) in [5.74, 6) is 8.09. The molecule has 0 radical (unpaired) electrons. The predicted octanol–water partition coefficient (Wildman–Crippen LogP) is 3.79. The van der Waals surface area contributed by atoms with Crippen molar-refractivity contribution in [1.29, 1.82) is 0 Å². The first kappa shape index (κ1) is 14.8. The summed E-state index contributed by atoms with van der Waals surface area (Å²) in [6.45, 7) is 4.71. The normalized spacial score (nSPS) is 29.2. The van der Waals surface area contributed by atoms with Crippen molar-refractivity contribution >= 4 is 11.6 Å². The van der Waals surface area contributed by atoms with E-state index in [4.69, 9.17) is 17.4 Å². The first-order valence-corrected chi connectivity index (χ1v) is 7.66. The Labute approximate surface area is 121 Å². The van der Waals surface area contributed by atoms with E-state index in [1.165, 1.54) is 24.8 Å². The zero-order valence-electron chi connectivity index (χ0n) is 11.9. The molecular formula is C16H25ClN2. The van der Waals surface area contributed by atoms with Gasteiger partial charge in [-0.1, -0.05) is 37.6 Å². The van der Waals surface area contributed by atoms with Crippen LogP contribution in [0.4, 0.5) is 0 Å². The van der Waals surface area contributed by atoms with Gasteiger partial charge in [-0.3, -0.25) is 11.3 Å². The Bertz CT molecular complexity index is 397. The molecule has 0 aromatic heterocycles. The van der Waals surface area contributed by atoms with Crippen LogP contribution in [0.3, 0.4) is 0 Å². The third-order valence-corrected chi connectivity index (χ3v) is 4.58. The number of halogens is 1. The maximum absolute atomic E-state index is 6.05. The molecule has 19 heavy (non-hydrogen) atoms. The van der Waals surface area contributed by atoms with E-state index < -0.39 is 0 Å². The average Bonchev–Trinajstić information content (AvgIpc) is 2.34. The highest BCUT2D eigenvalue weighted by molar-refractivity contribution is 6.30. The molecule has 3 atom stereocenters. The lowest BCUT2D eigenvalue weighted by Crippen LogP contribution is -2.44. The van der Waals surface area contributed by atoms with E-state index in [1.807, 2.05) is 18.2 Å². The van der Waals surface area contributed by atoms with Crippen molar-refractivity contribution in [3.63, 3.8) is 0 Å². The molecular weight excluding hydrogens is 256 g/mol. The van der Waals surface area contributed by atoms with E-state index >= 15 is 0 Å². The van der Waals surface area contributed by atoms with Crippen molar-refractivity contribution < 1.29 is 0 Å². The van der Waals surface area contributed by atoms with Crippen molar-refractivity contribution in [2.24, 2.45) is 23.6 Å². The maximum atomic E-state index is 6.05. The molecule has 1 aliphatic carbocycles. The Balaban J connectivity index is 2.03. The van der Waals surface area contributed by atoms with Crippen LogP contribution < -0.4 is 11.3 Å². The van der Waals surface area contributed by atoms with E-state index in [0.29, 0.717) is 12.0 Å². The second-order valence-electron chi connectivity index (χ2n) is 6.28. The van der Waals surface area contributed by atoms with Crippen LogP contribution in [0.1, 0.15) is 38.7 Å². The standard InChI is InChI=1S/C16H25ClN2/c1-11-6-12(2)8-14(7-11)16(19-18)10-13-4-3-5-15(17)9-13/h3-5,9,11-12,14,16,19H,6-8,10,18H2,1-2H3. The summed E-state index contributed by atoms with van der Waals surface area (Å²) in [5, 5.41) is 0.804. The largest absolute Gasteiger partial charge is 0.271 e. The van der Waals surface area contributed by atoms with Gasteiger partial charge in [0, 0.05) is 11.1 Å². The summed E-state index contributed by atoms with van der Waals surface area (Å²) in [6.07, 6.45) is 4.87. The highest BCUT2D eigenvalue weighted by atomic mass is 35.5. The third-order valence-electron chi connectivity index (χ3n) is 4.34. The molecule has 1 aromatic rings. The van der Waals surface area contributed by atoms with E-state index in [-0.39, 0.29) is 0 Å². The zero-order valence-corrected chi connectivity index (χ0v) is 12.7. The summed E-state index contributed by atoms with van der Waals surface area (Å²) in [4.78, 5) is 0. The molecule has 0 amide bonds. The SMILES string of the molecule is CC1CC(C)CC(C(Cc2cccc(Cl)c2)NN)C1. The minimum absolute atomic E-state index is 0.351. The lowest BCUT2D eigenvalue weighted by Gasteiger charge is -2.36. The van der Waals surface area contributed by atoms with Crippen LogP contribution in [0.2, 0.25) is 5.02 Å². The van der Waals surface area contributed by atoms with Crippen molar-refractivity contribution in [3.05, 3.63) is 34.9 Å². The summed E-state index contributed by atoms with van der Waals surface area (Å²) >= 11 is 6.05. The predicted molar refractivity (Wildman–Crippen MR) is 81.9 cm³/mol. The molecule has 106 valence electrons. The number of benzene rings is 1. The smallest absolute Gasteiger partial charge is 0.0408 e. The van der Waals surface area contributed by atoms with Gasteiger partial charge in [-0.2, -0.15) is 0 Å². The molecule has 3 heteroatoms. The van der Waals surface area contributed by atoms with Gasteiger partial charge >= 0.3 is 0 Å². The molecule has 2 nitrogen and oxygen atoms in total. The third kappa shape index (κ3) is 4.20. The second kappa shape index (κ2) is 6.74. The number of rotatable bonds is 4. The highest BCUT2D eigenvalue weighted by Crippen LogP contribution is 2.35. The minimum Gasteiger partial charge on any atom is -0.271 e. The first-order valence-electron chi connectivity index (χ1n) is 7.29. The van der Waals surface area contributed by atoms with Gasteiger partial charge in [0.2, 0.25) is 0 Å². The van der Waals surface area contributed by atoms with Gasteiger partial charge in [0.25, 0.3) is 0 Å². The minimum atomic E-state index is 0.351. The van der Waals surface area contributed by atoms with E-state index in [0.717, 1.165) is 23.3 Å². The molecule has 1 fully saturated rings. The topological polar surface area (TPSA) is 38.0 Å². The molecule has 0 bridgehead atoms. The molecule has 0 heterocycles. The molecule has 1 aromatic carbocycles. The summed E-state index contributed by atoms with van der Waals surface area (Å²) in [6, 6.07) is 8.45. The van der Waals surface area contributed by atoms with Crippen LogP contribution in [0.25, 0.3) is 0 Å².